The average molecular weight is 343 g/mol. The second kappa shape index (κ2) is 6.32. The highest BCUT2D eigenvalue weighted by Crippen LogP contribution is 2.32. The van der Waals surface area contributed by atoms with E-state index in [2.05, 4.69) is 0 Å². The van der Waals surface area contributed by atoms with Gasteiger partial charge in [-0.1, -0.05) is 11.8 Å². The summed E-state index contributed by atoms with van der Waals surface area (Å²) in [6.07, 6.45) is -1.18. The predicted octanol–water partition coefficient (Wildman–Crippen LogP) is 1.33. The molecule has 6 nitrogen and oxygen atoms in total. The molecular formula is C14H15F2N3O3S. The summed E-state index contributed by atoms with van der Waals surface area (Å²) in [5, 5.41) is -0.131. The number of nitrogens with two attached hydrogens (primary N) is 1. The summed E-state index contributed by atoms with van der Waals surface area (Å²) in [6, 6.07) is 2.15. The van der Waals surface area contributed by atoms with Crippen molar-refractivity contribution in [1.29, 1.82) is 0 Å². The first-order valence-electron chi connectivity index (χ1n) is 7.07. The maximum atomic E-state index is 14.4. The molecule has 0 unspecified atom stereocenters. The van der Waals surface area contributed by atoms with E-state index in [-0.39, 0.29) is 36.1 Å². The summed E-state index contributed by atoms with van der Waals surface area (Å²) in [5.41, 5.74) is 5.26. The van der Waals surface area contributed by atoms with Crippen LogP contribution in [0.2, 0.25) is 0 Å². The van der Waals surface area contributed by atoms with Crippen LogP contribution in [0.15, 0.2) is 12.1 Å². The number of cyclic esters (lactones) is 1. The maximum absolute atomic E-state index is 14.4. The van der Waals surface area contributed by atoms with Crippen LogP contribution < -0.4 is 15.5 Å². The zero-order chi connectivity index (χ0) is 16.6. The van der Waals surface area contributed by atoms with Crippen LogP contribution in [0.5, 0.6) is 0 Å². The summed E-state index contributed by atoms with van der Waals surface area (Å²) >= 11 is 1.15. The van der Waals surface area contributed by atoms with Gasteiger partial charge in [0.25, 0.3) is 0 Å². The van der Waals surface area contributed by atoms with Crippen LogP contribution in [0, 0.1) is 11.6 Å². The molecule has 1 aromatic carbocycles. The molecule has 0 bridgehead atoms. The van der Waals surface area contributed by atoms with Gasteiger partial charge in [-0.25, -0.2) is 13.6 Å². The molecule has 2 aliphatic heterocycles. The largest absolute Gasteiger partial charge is 0.443 e. The number of ether oxygens (including phenoxy) is 1. The Morgan fingerprint density at radius 2 is 2.00 bits per heavy atom. The minimum Gasteiger partial charge on any atom is -0.443 e. The average Bonchev–Trinajstić information content (AvgIpc) is 2.88. The van der Waals surface area contributed by atoms with E-state index in [9.17, 15) is 18.4 Å². The molecule has 2 heterocycles. The number of carbonyl (C=O) groups is 2. The SMILES string of the molecule is NC[C@H]1CN(c2cc(F)c(N3CCSC(=O)C3)c(F)c2)C(=O)O1. The Kier molecular flexibility index (Phi) is 4.40. The van der Waals surface area contributed by atoms with Gasteiger partial charge in [0.15, 0.2) is 11.6 Å². The van der Waals surface area contributed by atoms with Gasteiger partial charge in [0.2, 0.25) is 5.12 Å². The maximum Gasteiger partial charge on any atom is 0.414 e. The quantitative estimate of drug-likeness (QED) is 0.892. The van der Waals surface area contributed by atoms with Crippen molar-refractivity contribution in [1.82, 2.24) is 0 Å². The number of thioether (sulfide) groups is 1. The van der Waals surface area contributed by atoms with Crippen molar-refractivity contribution in [3.05, 3.63) is 23.8 Å². The standard InChI is InChI=1S/C14H15F2N3O3S/c15-10-3-8(19-6-9(5-17)22-14(19)21)4-11(16)13(10)18-1-2-23-12(20)7-18/h3-4,9H,1-2,5-7,17H2/t9-/m0/s1. The van der Waals surface area contributed by atoms with Crippen LogP contribution in [0.1, 0.15) is 0 Å². The van der Waals surface area contributed by atoms with Gasteiger partial charge in [0.05, 0.1) is 18.8 Å². The van der Waals surface area contributed by atoms with Gasteiger partial charge in [0, 0.05) is 31.0 Å². The third-order valence-corrected chi connectivity index (χ3v) is 4.55. The fourth-order valence-corrected chi connectivity index (χ4v) is 3.39. The highest BCUT2D eigenvalue weighted by atomic mass is 32.2. The van der Waals surface area contributed by atoms with Crippen molar-refractivity contribution in [3.8, 4) is 0 Å². The van der Waals surface area contributed by atoms with Crippen LogP contribution in [0.3, 0.4) is 0 Å². The lowest BCUT2D eigenvalue weighted by Crippen LogP contribution is -2.36. The minimum absolute atomic E-state index is 0.0428. The van der Waals surface area contributed by atoms with Crippen LogP contribution in [-0.4, -0.2) is 49.2 Å². The zero-order valence-corrected chi connectivity index (χ0v) is 12.9. The molecule has 124 valence electrons. The van der Waals surface area contributed by atoms with E-state index in [0.717, 1.165) is 28.8 Å². The van der Waals surface area contributed by atoms with Crippen molar-refractivity contribution in [3.63, 3.8) is 0 Å². The summed E-state index contributed by atoms with van der Waals surface area (Å²) in [7, 11) is 0. The van der Waals surface area contributed by atoms with Crippen molar-refractivity contribution < 1.29 is 23.1 Å². The molecule has 0 radical (unpaired) electrons. The number of halogens is 2. The number of amides is 1. The summed E-state index contributed by atoms with van der Waals surface area (Å²) in [6.45, 7) is 0.620. The lowest BCUT2D eigenvalue weighted by atomic mass is 10.2. The topological polar surface area (TPSA) is 75.9 Å². The smallest absolute Gasteiger partial charge is 0.414 e. The molecule has 9 heteroatoms. The Bertz CT molecular complexity index is 635. The Morgan fingerprint density at radius 3 is 2.57 bits per heavy atom. The molecule has 2 saturated heterocycles. The highest BCUT2D eigenvalue weighted by molar-refractivity contribution is 8.13. The van der Waals surface area contributed by atoms with E-state index < -0.39 is 23.8 Å². The molecule has 1 atom stereocenters. The molecule has 0 spiro atoms. The predicted molar refractivity (Wildman–Crippen MR) is 82.7 cm³/mol. The molecule has 2 N–H and O–H groups in total. The number of rotatable bonds is 3. The number of anilines is 2. The monoisotopic (exact) mass is 343 g/mol. The third-order valence-electron chi connectivity index (χ3n) is 3.71. The molecular weight excluding hydrogens is 328 g/mol. The fraction of sp³-hybridized carbons (Fsp3) is 0.429. The summed E-state index contributed by atoms with van der Waals surface area (Å²) in [5.74, 6) is -1.15. The Hall–Kier alpha value is -1.87. The van der Waals surface area contributed by atoms with E-state index in [1.54, 1.807) is 0 Å². The molecule has 0 aromatic heterocycles. The van der Waals surface area contributed by atoms with Gasteiger partial charge in [-0.3, -0.25) is 9.69 Å². The lowest BCUT2D eigenvalue weighted by Gasteiger charge is -2.28. The second-order valence-corrected chi connectivity index (χ2v) is 6.40. The van der Waals surface area contributed by atoms with Crippen molar-refractivity contribution in [2.45, 2.75) is 6.10 Å². The van der Waals surface area contributed by atoms with Crippen LogP contribution in [0.4, 0.5) is 25.0 Å². The number of carbonyl (C=O) groups excluding carboxylic acids is 2. The molecule has 0 aliphatic carbocycles. The highest BCUT2D eigenvalue weighted by Gasteiger charge is 2.33. The zero-order valence-electron chi connectivity index (χ0n) is 12.1. The third kappa shape index (κ3) is 3.11. The minimum atomic E-state index is -0.816. The number of benzene rings is 1. The van der Waals surface area contributed by atoms with E-state index >= 15 is 0 Å². The van der Waals surface area contributed by atoms with Gasteiger partial charge >= 0.3 is 6.09 Å². The van der Waals surface area contributed by atoms with Gasteiger partial charge in [0.1, 0.15) is 11.8 Å². The van der Waals surface area contributed by atoms with Gasteiger partial charge in [-0.05, 0) is 0 Å². The molecule has 3 rings (SSSR count). The van der Waals surface area contributed by atoms with Crippen LogP contribution in [-0.2, 0) is 9.53 Å². The number of hydrogen-bond donors (Lipinski definition) is 1. The first-order chi connectivity index (χ1) is 11.0. The van der Waals surface area contributed by atoms with Crippen LogP contribution in [0.25, 0.3) is 0 Å². The molecule has 0 saturated carbocycles. The Labute approximate surface area is 135 Å². The first kappa shape index (κ1) is 16.0. The van der Waals surface area contributed by atoms with E-state index in [4.69, 9.17) is 10.5 Å². The molecule has 2 fully saturated rings. The summed E-state index contributed by atoms with van der Waals surface area (Å²) < 4.78 is 33.7. The van der Waals surface area contributed by atoms with Gasteiger partial charge in [-0.15, -0.1) is 0 Å². The molecule has 1 aromatic rings. The van der Waals surface area contributed by atoms with Gasteiger partial charge in [-0.2, -0.15) is 0 Å². The van der Waals surface area contributed by atoms with Crippen LogP contribution >= 0.6 is 11.8 Å². The second-order valence-electron chi connectivity index (χ2n) is 5.25. The number of nitrogens with zero attached hydrogens (tertiary/aromatic N) is 2. The molecule has 1 amide bonds. The summed E-state index contributed by atoms with van der Waals surface area (Å²) in [4.78, 5) is 25.7. The normalized spacial score (nSPS) is 21.8. The fourth-order valence-electron chi connectivity index (χ4n) is 2.61. The van der Waals surface area contributed by atoms with Gasteiger partial charge < -0.3 is 15.4 Å². The van der Waals surface area contributed by atoms with E-state index in [1.165, 1.54) is 4.90 Å². The Balaban J connectivity index is 1.88. The molecule has 23 heavy (non-hydrogen) atoms. The Morgan fingerprint density at radius 1 is 1.30 bits per heavy atom. The first-order valence-corrected chi connectivity index (χ1v) is 8.06. The van der Waals surface area contributed by atoms with Crippen molar-refractivity contribution in [2.75, 3.05) is 41.7 Å². The lowest BCUT2D eigenvalue weighted by molar-refractivity contribution is -0.110. The van der Waals surface area contributed by atoms with E-state index in [1.807, 2.05) is 0 Å². The molecule has 2 aliphatic rings. The number of hydrogen-bond acceptors (Lipinski definition) is 6. The van der Waals surface area contributed by atoms with Crippen molar-refractivity contribution >= 4 is 34.3 Å². The van der Waals surface area contributed by atoms with E-state index in [0.29, 0.717) is 12.3 Å². The van der Waals surface area contributed by atoms with Crippen molar-refractivity contribution in [2.24, 2.45) is 5.73 Å².